The van der Waals surface area contributed by atoms with Crippen LogP contribution in [0.4, 0.5) is 4.39 Å². The van der Waals surface area contributed by atoms with Crippen LogP contribution in [0.3, 0.4) is 0 Å². The maximum atomic E-state index is 13.8. The minimum Gasteiger partial charge on any atom is -0.462 e. The summed E-state index contributed by atoms with van der Waals surface area (Å²) in [6, 6.07) is 0. The number of esters is 1. The Labute approximate surface area is 95.5 Å². The van der Waals surface area contributed by atoms with Crippen molar-refractivity contribution in [3.05, 3.63) is 0 Å². The molecule has 0 aromatic rings. The van der Waals surface area contributed by atoms with E-state index < -0.39 is 6.17 Å². The van der Waals surface area contributed by atoms with E-state index in [0.717, 1.165) is 25.7 Å². The number of fused-ring (bicyclic) bond motifs is 2. The summed E-state index contributed by atoms with van der Waals surface area (Å²) < 4.78 is 19.1. The predicted octanol–water partition coefficient (Wildman–Crippen LogP) is 2.71. The molecule has 3 aliphatic rings. The van der Waals surface area contributed by atoms with Gasteiger partial charge in [0.1, 0.15) is 12.3 Å². The van der Waals surface area contributed by atoms with Gasteiger partial charge in [0.2, 0.25) is 0 Å². The molecule has 0 radical (unpaired) electrons. The first-order chi connectivity index (χ1) is 7.66. The highest BCUT2D eigenvalue weighted by molar-refractivity contribution is 5.75. The van der Waals surface area contributed by atoms with Gasteiger partial charge in [-0.3, -0.25) is 4.79 Å². The normalized spacial score (nSPS) is 51.8. The highest BCUT2D eigenvalue weighted by Gasteiger charge is 2.51. The summed E-state index contributed by atoms with van der Waals surface area (Å²) in [4.78, 5) is 11.7. The molecule has 1 aliphatic heterocycles. The van der Waals surface area contributed by atoms with Crippen LogP contribution in [0.25, 0.3) is 0 Å². The number of carbonyl (C=O) groups is 1. The Morgan fingerprint density at radius 3 is 2.88 bits per heavy atom. The molecule has 16 heavy (non-hydrogen) atoms. The van der Waals surface area contributed by atoms with E-state index in [-0.39, 0.29) is 23.9 Å². The summed E-state index contributed by atoms with van der Waals surface area (Å²) in [6.45, 7) is 1.98. The van der Waals surface area contributed by atoms with Crippen molar-refractivity contribution >= 4 is 5.97 Å². The fourth-order valence-electron chi connectivity index (χ4n) is 4.06. The molecular formula is C13H19FO2. The van der Waals surface area contributed by atoms with Crippen molar-refractivity contribution in [3.8, 4) is 0 Å². The van der Waals surface area contributed by atoms with E-state index in [9.17, 15) is 9.18 Å². The molecule has 2 aliphatic carbocycles. The van der Waals surface area contributed by atoms with Gasteiger partial charge in [-0.15, -0.1) is 0 Å². The molecular weight excluding hydrogens is 207 g/mol. The summed E-state index contributed by atoms with van der Waals surface area (Å²) in [6.07, 6.45) is 3.98. The third kappa shape index (κ3) is 1.47. The van der Waals surface area contributed by atoms with Crippen LogP contribution in [-0.2, 0) is 9.53 Å². The lowest BCUT2D eigenvalue weighted by atomic mass is 9.62. The summed E-state index contributed by atoms with van der Waals surface area (Å²) in [7, 11) is 0. The molecule has 6 unspecified atom stereocenters. The molecule has 3 rings (SSSR count). The van der Waals surface area contributed by atoms with Crippen LogP contribution in [0.1, 0.15) is 39.0 Å². The van der Waals surface area contributed by atoms with Crippen molar-refractivity contribution in [2.45, 2.75) is 51.3 Å². The van der Waals surface area contributed by atoms with E-state index in [1.165, 1.54) is 0 Å². The number of carbonyl (C=O) groups excluding carboxylic acids is 1. The quantitative estimate of drug-likeness (QED) is 0.594. The number of ether oxygens (including phenoxy) is 1. The van der Waals surface area contributed by atoms with Gasteiger partial charge in [0, 0.05) is 5.92 Å². The Morgan fingerprint density at radius 1 is 1.25 bits per heavy atom. The summed E-state index contributed by atoms with van der Waals surface area (Å²) in [5.74, 6) is 0.912. The van der Waals surface area contributed by atoms with Crippen LogP contribution in [0.15, 0.2) is 0 Å². The molecule has 0 amide bonds. The number of alkyl halides is 1. The van der Waals surface area contributed by atoms with E-state index in [1.54, 1.807) is 0 Å². The minimum atomic E-state index is -0.677. The molecule has 3 heteroatoms. The van der Waals surface area contributed by atoms with Crippen LogP contribution in [0.2, 0.25) is 0 Å². The molecule has 2 saturated carbocycles. The van der Waals surface area contributed by atoms with Gasteiger partial charge in [0.15, 0.2) is 0 Å². The average molecular weight is 226 g/mol. The van der Waals surface area contributed by atoms with Crippen molar-refractivity contribution in [1.29, 1.82) is 0 Å². The molecule has 1 saturated heterocycles. The molecule has 0 N–H and O–H groups in total. The minimum absolute atomic E-state index is 0.00685. The topological polar surface area (TPSA) is 26.3 Å². The van der Waals surface area contributed by atoms with Crippen LogP contribution >= 0.6 is 0 Å². The summed E-state index contributed by atoms with van der Waals surface area (Å²) in [5, 5.41) is 0. The number of cyclic esters (lactones) is 1. The Kier molecular flexibility index (Phi) is 2.45. The second kappa shape index (κ2) is 3.71. The second-order valence-corrected chi connectivity index (χ2v) is 5.75. The predicted molar refractivity (Wildman–Crippen MR) is 57.5 cm³/mol. The average Bonchev–Trinajstić information content (AvgIpc) is 2.53. The molecule has 0 bridgehead atoms. The molecule has 0 aromatic carbocycles. The van der Waals surface area contributed by atoms with Crippen molar-refractivity contribution in [1.82, 2.24) is 0 Å². The van der Waals surface area contributed by atoms with Crippen LogP contribution in [0, 0.1) is 23.7 Å². The van der Waals surface area contributed by atoms with Gasteiger partial charge in [0.25, 0.3) is 0 Å². The zero-order valence-electron chi connectivity index (χ0n) is 9.69. The van der Waals surface area contributed by atoms with Gasteiger partial charge in [-0.25, -0.2) is 4.39 Å². The zero-order valence-corrected chi connectivity index (χ0v) is 9.69. The van der Waals surface area contributed by atoms with Gasteiger partial charge < -0.3 is 4.74 Å². The second-order valence-electron chi connectivity index (χ2n) is 5.75. The van der Waals surface area contributed by atoms with Crippen molar-refractivity contribution in [2.75, 3.05) is 0 Å². The highest BCUT2D eigenvalue weighted by Crippen LogP contribution is 2.50. The maximum absolute atomic E-state index is 13.8. The molecule has 3 fully saturated rings. The smallest absolute Gasteiger partial charge is 0.309 e. The first-order valence-electron chi connectivity index (χ1n) is 6.51. The lowest BCUT2D eigenvalue weighted by Gasteiger charge is -2.42. The number of rotatable bonds is 0. The fraction of sp³-hybridized carbons (Fsp3) is 0.923. The Bertz CT molecular complexity index is 304. The lowest BCUT2D eigenvalue weighted by Crippen LogP contribution is -2.40. The standard InChI is InChI=1S/C13H19FO2/c1-7-9-5-8-3-2-4-12(14)10(8)6-11(9)13(15)16-7/h7-12H,2-6H2,1H3. The van der Waals surface area contributed by atoms with Crippen LogP contribution in [-0.4, -0.2) is 18.2 Å². The Hall–Kier alpha value is -0.600. The SMILES string of the molecule is CC1OC(=O)C2CC3C(F)CCCC3CC12. The van der Waals surface area contributed by atoms with Gasteiger partial charge in [0.05, 0.1) is 5.92 Å². The van der Waals surface area contributed by atoms with Gasteiger partial charge in [-0.2, -0.15) is 0 Å². The van der Waals surface area contributed by atoms with Gasteiger partial charge in [-0.1, -0.05) is 6.42 Å². The molecule has 6 atom stereocenters. The summed E-state index contributed by atoms with van der Waals surface area (Å²) in [5.41, 5.74) is 0. The molecule has 0 aromatic heterocycles. The van der Waals surface area contributed by atoms with E-state index in [0.29, 0.717) is 18.3 Å². The molecule has 90 valence electrons. The number of hydrogen-bond donors (Lipinski definition) is 0. The highest BCUT2D eigenvalue weighted by atomic mass is 19.1. The first kappa shape index (κ1) is 10.5. The summed E-state index contributed by atoms with van der Waals surface area (Å²) >= 11 is 0. The third-order valence-electron chi connectivity index (χ3n) is 4.95. The fourth-order valence-corrected chi connectivity index (χ4v) is 4.06. The maximum Gasteiger partial charge on any atom is 0.309 e. The molecule has 2 nitrogen and oxygen atoms in total. The van der Waals surface area contributed by atoms with Crippen molar-refractivity contribution in [3.63, 3.8) is 0 Å². The van der Waals surface area contributed by atoms with Gasteiger partial charge in [-0.05, 0) is 44.4 Å². The van der Waals surface area contributed by atoms with Gasteiger partial charge >= 0.3 is 5.97 Å². The Balaban J connectivity index is 1.80. The molecule has 0 spiro atoms. The monoisotopic (exact) mass is 226 g/mol. The lowest BCUT2D eigenvalue weighted by molar-refractivity contribution is -0.144. The molecule has 1 heterocycles. The Morgan fingerprint density at radius 2 is 2.06 bits per heavy atom. The first-order valence-corrected chi connectivity index (χ1v) is 6.51. The largest absolute Gasteiger partial charge is 0.462 e. The van der Waals surface area contributed by atoms with Crippen LogP contribution < -0.4 is 0 Å². The van der Waals surface area contributed by atoms with E-state index in [4.69, 9.17) is 4.74 Å². The third-order valence-corrected chi connectivity index (χ3v) is 4.95. The van der Waals surface area contributed by atoms with E-state index >= 15 is 0 Å². The van der Waals surface area contributed by atoms with E-state index in [1.807, 2.05) is 6.92 Å². The van der Waals surface area contributed by atoms with Crippen molar-refractivity contribution in [2.24, 2.45) is 23.7 Å². The zero-order chi connectivity index (χ0) is 11.3. The van der Waals surface area contributed by atoms with Crippen LogP contribution in [0.5, 0.6) is 0 Å². The van der Waals surface area contributed by atoms with Crippen molar-refractivity contribution < 1.29 is 13.9 Å². The number of halogens is 1. The van der Waals surface area contributed by atoms with E-state index in [2.05, 4.69) is 0 Å². The number of hydrogen-bond acceptors (Lipinski definition) is 2.